The normalized spacial score (nSPS) is 12.7. The zero-order valence-electron chi connectivity index (χ0n) is 11.8. The SMILES string of the molecule is CCCCCCC(CC)c1nnc2ccncc2n1. The third kappa shape index (κ3) is 3.69. The molecule has 2 aromatic heterocycles. The van der Waals surface area contributed by atoms with E-state index in [-0.39, 0.29) is 0 Å². The average Bonchev–Trinajstić information content (AvgIpc) is 2.47. The first kappa shape index (κ1) is 13.8. The first-order valence-corrected chi connectivity index (χ1v) is 7.29. The molecule has 0 amide bonds. The largest absolute Gasteiger partial charge is 0.262 e. The van der Waals surface area contributed by atoms with Crippen molar-refractivity contribution < 1.29 is 0 Å². The maximum absolute atomic E-state index is 4.61. The zero-order chi connectivity index (χ0) is 13.5. The third-order valence-electron chi connectivity index (χ3n) is 3.54. The lowest BCUT2D eigenvalue weighted by atomic mass is 9.97. The highest BCUT2D eigenvalue weighted by Gasteiger charge is 2.13. The van der Waals surface area contributed by atoms with Gasteiger partial charge in [-0.05, 0) is 18.9 Å². The molecule has 0 radical (unpaired) electrons. The van der Waals surface area contributed by atoms with Crippen LogP contribution in [0.25, 0.3) is 11.0 Å². The monoisotopic (exact) mass is 258 g/mol. The van der Waals surface area contributed by atoms with Crippen molar-refractivity contribution in [3.63, 3.8) is 0 Å². The van der Waals surface area contributed by atoms with Gasteiger partial charge in [-0.2, -0.15) is 0 Å². The first-order chi connectivity index (χ1) is 9.35. The quantitative estimate of drug-likeness (QED) is 0.707. The van der Waals surface area contributed by atoms with Crippen molar-refractivity contribution in [1.82, 2.24) is 20.2 Å². The highest BCUT2D eigenvalue weighted by atomic mass is 15.2. The maximum atomic E-state index is 4.61. The van der Waals surface area contributed by atoms with E-state index in [9.17, 15) is 0 Å². The fourth-order valence-electron chi connectivity index (χ4n) is 2.31. The van der Waals surface area contributed by atoms with Gasteiger partial charge in [-0.1, -0.05) is 39.5 Å². The van der Waals surface area contributed by atoms with Crippen LogP contribution < -0.4 is 0 Å². The second-order valence-electron chi connectivity index (χ2n) is 4.99. The van der Waals surface area contributed by atoms with Gasteiger partial charge < -0.3 is 0 Å². The van der Waals surface area contributed by atoms with E-state index in [4.69, 9.17) is 0 Å². The molecule has 102 valence electrons. The lowest BCUT2D eigenvalue weighted by Gasteiger charge is -2.12. The van der Waals surface area contributed by atoms with Crippen molar-refractivity contribution in [3.05, 3.63) is 24.3 Å². The fourth-order valence-corrected chi connectivity index (χ4v) is 2.31. The van der Waals surface area contributed by atoms with Crippen molar-refractivity contribution in [3.8, 4) is 0 Å². The standard InChI is InChI=1S/C15H22N4/c1-3-5-6-7-8-12(4-2)15-17-14-11-16-10-9-13(14)18-19-15/h9-12H,3-8H2,1-2H3. The molecule has 0 fully saturated rings. The number of nitrogens with zero attached hydrogens (tertiary/aromatic N) is 4. The summed E-state index contributed by atoms with van der Waals surface area (Å²) in [5, 5.41) is 8.53. The molecule has 0 aliphatic carbocycles. The number of aromatic nitrogens is 4. The summed E-state index contributed by atoms with van der Waals surface area (Å²) < 4.78 is 0. The van der Waals surface area contributed by atoms with E-state index in [1.54, 1.807) is 12.4 Å². The van der Waals surface area contributed by atoms with Crippen molar-refractivity contribution in [2.24, 2.45) is 0 Å². The van der Waals surface area contributed by atoms with Gasteiger partial charge in [0.15, 0.2) is 5.82 Å². The Labute approximate surface area is 114 Å². The molecule has 2 heterocycles. The van der Waals surface area contributed by atoms with E-state index in [0.29, 0.717) is 5.92 Å². The molecule has 0 N–H and O–H groups in total. The lowest BCUT2D eigenvalue weighted by Crippen LogP contribution is -2.06. The molecule has 0 bridgehead atoms. The van der Waals surface area contributed by atoms with Crippen LogP contribution in [0.3, 0.4) is 0 Å². The molecular weight excluding hydrogens is 236 g/mol. The van der Waals surface area contributed by atoms with Gasteiger partial charge in [0, 0.05) is 12.1 Å². The molecule has 1 unspecified atom stereocenters. The van der Waals surface area contributed by atoms with Crippen LogP contribution >= 0.6 is 0 Å². The Morgan fingerprint density at radius 3 is 2.74 bits per heavy atom. The molecule has 2 rings (SSSR count). The number of unbranched alkanes of at least 4 members (excludes halogenated alkanes) is 3. The van der Waals surface area contributed by atoms with Gasteiger partial charge in [-0.25, -0.2) is 4.98 Å². The van der Waals surface area contributed by atoms with Crippen molar-refractivity contribution in [2.45, 2.75) is 58.3 Å². The highest BCUT2D eigenvalue weighted by Crippen LogP contribution is 2.23. The molecular formula is C15H22N4. The van der Waals surface area contributed by atoms with E-state index in [1.807, 2.05) is 6.07 Å². The molecule has 1 atom stereocenters. The Balaban J connectivity index is 2.07. The molecule has 0 spiro atoms. The summed E-state index contributed by atoms with van der Waals surface area (Å²) in [4.78, 5) is 8.70. The summed E-state index contributed by atoms with van der Waals surface area (Å²) in [5.74, 6) is 1.30. The van der Waals surface area contributed by atoms with Gasteiger partial charge in [-0.15, -0.1) is 10.2 Å². The summed E-state index contributed by atoms with van der Waals surface area (Å²) in [6.45, 7) is 4.43. The molecule has 0 saturated heterocycles. The van der Waals surface area contributed by atoms with Crippen LogP contribution in [0.5, 0.6) is 0 Å². The van der Waals surface area contributed by atoms with E-state index < -0.39 is 0 Å². The molecule has 19 heavy (non-hydrogen) atoms. The Morgan fingerprint density at radius 2 is 1.95 bits per heavy atom. The second-order valence-corrected chi connectivity index (χ2v) is 4.99. The lowest BCUT2D eigenvalue weighted by molar-refractivity contribution is 0.519. The van der Waals surface area contributed by atoms with Crippen LogP contribution in [0.4, 0.5) is 0 Å². The minimum Gasteiger partial charge on any atom is -0.262 e. The van der Waals surface area contributed by atoms with Crippen LogP contribution in [0.2, 0.25) is 0 Å². The van der Waals surface area contributed by atoms with Crippen LogP contribution in [0.1, 0.15) is 64.1 Å². The van der Waals surface area contributed by atoms with Gasteiger partial charge in [-0.3, -0.25) is 4.98 Å². The number of hydrogen-bond acceptors (Lipinski definition) is 4. The maximum Gasteiger partial charge on any atom is 0.154 e. The van der Waals surface area contributed by atoms with E-state index in [2.05, 4.69) is 34.0 Å². The molecule has 0 aromatic carbocycles. The molecule has 4 heteroatoms. The predicted octanol–water partition coefficient (Wildman–Crippen LogP) is 3.88. The zero-order valence-corrected chi connectivity index (χ0v) is 11.8. The molecule has 2 aromatic rings. The van der Waals surface area contributed by atoms with Crippen LogP contribution in [-0.2, 0) is 0 Å². The van der Waals surface area contributed by atoms with Gasteiger partial charge in [0.1, 0.15) is 11.0 Å². The van der Waals surface area contributed by atoms with E-state index in [1.165, 1.54) is 25.7 Å². The van der Waals surface area contributed by atoms with Crippen molar-refractivity contribution in [1.29, 1.82) is 0 Å². The molecule has 0 saturated carbocycles. The Kier molecular flexibility index (Phi) is 5.19. The Bertz CT molecular complexity index is 512. The third-order valence-corrected chi connectivity index (χ3v) is 3.54. The fraction of sp³-hybridized carbons (Fsp3) is 0.600. The summed E-state index contributed by atoms with van der Waals surface area (Å²) in [5.41, 5.74) is 1.67. The minimum atomic E-state index is 0.425. The summed E-state index contributed by atoms with van der Waals surface area (Å²) in [6.07, 6.45) is 10.9. The summed E-state index contributed by atoms with van der Waals surface area (Å²) in [6, 6.07) is 1.85. The van der Waals surface area contributed by atoms with Gasteiger partial charge in [0.05, 0.1) is 6.20 Å². The topological polar surface area (TPSA) is 51.6 Å². The van der Waals surface area contributed by atoms with Crippen molar-refractivity contribution >= 4 is 11.0 Å². The first-order valence-electron chi connectivity index (χ1n) is 7.29. The van der Waals surface area contributed by atoms with E-state index >= 15 is 0 Å². The van der Waals surface area contributed by atoms with Gasteiger partial charge in [0.2, 0.25) is 0 Å². The average molecular weight is 258 g/mol. The smallest absolute Gasteiger partial charge is 0.154 e. The van der Waals surface area contributed by atoms with Crippen LogP contribution in [0.15, 0.2) is 18.5 Å². The Hall–Kier alpha value is -1.58. The Morgan fingerprint density at radius 1 is 1.05 bits per heavy atom. The summed E-state index contributed by atoms with van der Waals surface area (Å²) >= 11 is 0. The van der Waals surface area contributed by atoms with E-state index in [0.717, 1.165) is 29.7 Å². The van der Waals surface area contributed by atoms with Gasteiger partial charge >= 0.3 is 0 Å². The molecule has 0 aliphatic rings. The summed E-state index contributed by atoms with van der Waals surface area (Å²) in [7, 11) is 0. The number of hydrogen-bond donors (Lipinski definition) is 0. The minimum absolute atomic E-state index is 0.425. The van der Waals surface area contributed by atoms with Crippen LogP contribution in [0, 0.1) is 0 Å². The van der Waals surface area contributed by atoms with Gasteiger partial charge in [0.25, 0.3) is 0 Å². The van der Waals surface area contributed by atoms with Crippen molar-refractivity contribution in [2.75, 3.05) is 0 Å². The predicted molar refractivity (Wildman–Crippen MR) is 76.9 cm³/mol. The van der Waals surface area contributed by atoms with Crippen LogP contribution in [-0.4, -0.2) is 20.2 Å². The highest BCUT2D eigenvalue weighted by molar-refractivity contribution is 5.71. The second kappa shape index (κ2) is 7.12. The number of pyridine rings is 1. The molecule has 4 nitrogen and oxygen atoms in total. The molecule has 0 aliphatic heterocycles. The number of rotatable bonds is 7. The number of fused-ring (bicyclic) bond motifs is 1.